The Bertz CT molecular complexity index is 291. The Kier molecular flexibility index (Phi) is 2.64. The van der Waals surface area contributed by atoms with Gasteiger partial charge in [-0.3, -0.25) is 4.79 Å². The number of fused-ring (bicyclic) bond motifs is 2. The summed E-state index contributed by atoms with van der Waals surface area (Å²) >= 11 is 0. The summed E-state index contributed by atoms with van der Waals surface area (Å²) in [6, 6.07) is 0.334. The molecule has 0 radical (unpaired) electrons. The molecule has 1 amide bonds. The maximum atomic E-state index is 12.4. The second kappa shape index (κ2) is 4.00. The van der Waals surface area contributed by atoms with E-state index in [4.69, 9.17) is 4.74 Å². The van der Waals surface area contributed by atoms with Crippen molar-refractivity contribution in [3.05, 3.63) is 0 Å². The summed E-state index contributed by atoms with van der Waals surface area (Å²) < 4.78 is 5.77. The predicted octanol–water partition coefficient (Wildman–Crippen LogP) is 0.374. The van der Waals surface area contributed by atoms with Crippen molar-refractivity contribution >= 4 is 5.91 Å². The Hall–Kier alpha value is -0.610. The van der Waals surface area contributed by atoms with Gasteiger partial charge in [0, 0.05) is 25.7 Å². The summed E-state index contributed by atoms with van der Waals surface area (Å²) in [5, 5.41) is 3.32. The number of carbonyl (C=O) groups is 1. The standard InChI is InChI=1S/C12H20N2O2/c1-8-7-13-4-5-14(8)12(15)10-6-9-2-3-11(10)16-9/h8-11,13H,2-7H2,1H3/t8-,9?,10?,11?/m0/s1. The first-order valence-corrected chi connectivity index (χ1v) is 6.42. The minimum atomic E-state index is 0.152. The van der Waals surface area contributed by atoms with Crippen molar-refractivity contribution in [2.24, 2.45) is 5.92 Å². The first-order valence-electron chi connectivity index (χ1n) is 6.42. The monoisotopic (exact) mass is 224 g/mol. The fourth-order valence-corrected chi connectivity index (χ4v) is 3.28. The quantitative estimate of drug-likeness (QED) is 0.700. The molecular weight excluding hydrogens is 204 g/mol. The molecule has 2 bridgehead atoms. The number of hydrogen-bond donors (Lipinski definition) is 1. The van der Waals surface area contributed by atoms with Gasteiger partial charge < -0.3 is 15.0 Å². The molecule has 0 spiro atoms. The van der Waals surface area contributed by atoms with Crippen LogP contribution < -0.4 is 5.32 Å². The van der Waals surface area contributed by atoms with Crippen molar-refractivity contribution in [1.29, 1.82) is 0 Å². The van der Waals surface area contributed by atoms with Crippen LogP contribution in [0.5, 0.6) is 0 Å². The van der Waals surface area contributed by atoms with E-state index in [1.54, 1.807) is 0 Å². The zero-order valence-electron chi connectivity index (χ0n) is 9.82. The van der Waals surface area contributed by atoms with Gasteiger partial charge in [-0.15, -0.1) is 0 Å². The van der Waals surface area contributed by atoms with E-state index < -0.39 is 0 Å². The van der Waals surface area contributed by atoms with Crippen LogP contribution in [-0.4, -0.2) is 48.7 Å². The molecule has 3 aliphatic heterocycles. The molecule has 0 saturated carbocycles. The molecule has 3 saturated heterocycles. The lowest BCUT2D eigenvalue weighted by Crippen LogP contribution is -2.54. The maximum Gasteiger partial charge on any atom is 0.228 e. The molecule has 3 aliphatic rings. The minimum Gasteiger partial charge on any atom is -0.374 e. The first kappa shape index (κ1) is 10.5. The van der Waals surface area contributed by atoms with Gasteiger partial charge in [0.15, 0.2) is 0 Å². The number of nitrogens with one attached hydrogen (secondary N) is 1. The van der Waals surface area contributed by atoms with Crippen LogP contribution in [0.4, 0.5) is 0 Å². The van der Waals surface area contributed by atoms with Gasteiger partial charge in [-0.25, -0.2) is 0 Å². The molecule has 4 nitrogen and oxygen atoms in total. The van der Waals surface area contributed by atoms with Crippen LogP contribution >= 0.6 is 0 Å². The molecule has 16 heavy (non-hydrogen) atoms. The van der Waals surface area contributed by atoms with Crippen LogP contribution in [0.25, 0.3) is 0 Å². The van der Waals surface area contributed by atoms with Gasteiger partial charge in [0.25, 0.3) is 0 Å². The van der Waals surface area contributed by atoms with Crippen molar-refractivity contribution in [2.75, 3.05) is 19.6 Å². The largest absolute Gasteiger partial charge is 0.374 e. The van der Waals surface area contributed by atoms with Crippen molar-refractivity contribution in [2.45, 2.75) is 44.4 Å². The summed E-state index contributed by atoms with van der Waals surface area (Å²) in [6.45, 7) is 4.83. The number of piperazine rings is 1. The third-order valence-corrected chi connectivity index (χ3v) is 4.21. The molecule has 3 heterocycles. The Morgan fingerprint density at radius 3 is 2.94 bits per heavy atom. The number of hydrogen-bond acceptors (Lipinski definition) is 3. The normalized spacial score (nSPS) is 42.7. The van der Waals surface area contributed by atoms with Crippen LogP contribution in [0, 0.1) is 5.92 Å². The number of nitrogens with zero attached hydrogens (tertiary/aromatic N) is 1. The lowest BCUT2D eigenvalue weighted by Gasteiger charge is -2.36. The summed E-state index contributed by atoms with van der Waals surface area (Å²) in [7, 11) is 0. The molecular formula is C12H20N2O2. The third-order valence-electron chi connectivity index (χ3n) is 4.21. The SMILES string of the molecule is C[C@H]1CNCCN1C(=O)C1CC2CCC1O2. The highest BCUT2D eigenvalue weighted by atomic mass is 16.5. The van der Waals surface area contributed by atoms with Gasteiger partial charge in [0.05, 0.1) is 18.1 Å². The van der Waals surface area contributed by atoms with Crippen molar-refractivity contribution in [3.63, 3.8) is 0 Å². The minimum absolute atomic E-state index is 0.152. The highest BCUT2D eigenvalue weighted by Gasteiger charge is 2.46. The predicted molar refractivity (Wildman–Crippen MR) is 60.0 cm³/mol. The zero-order valence-corrected chi connectivity index (χ0v) is 9.82. The molecule has 4 atom stereocenters. The Labute approximate surface area is 96.3 Å². The lowest BCUT2D eigenvalue weighted by atomic mass is 9.87. The molecule has 3 unspecified atom stereocenters. The lowest BCUT2D eigenvalue weighted by molar-refractivity contribution is -0.140. The average Bonchev–Trinajstić information content (AvgIpc) is 2.90. The average molecular weight is 224 g/mol. The molecule has 1 N–H and O–H groups in total. The zero-order chi connectivity index (χ0) is 11.1. The second-order valence-electron chi connectivity index (χ2n) is 5.30. The van der Waals surface area contributed by atoms with Crippen LogP contribution in [0.15, 0.2) is 0 Å². The van der Waals surface area contributed by atoms with Crippen molar-refractivity contribution in [3.8, 4) is 0 Å². The molecule has 90 valence electrons. The molecule has 0 aliphatic carbocycles. The van der Waals surface area contributed by atoms with Gasteiger partial charge in [0.2, 0.25) is 5.91 Å². The summed E-state index contributed by atoms with van der Waals surface area (Å²) in [6.07, 6.45) is 3.80. The van der Waals surface area contributed by atoms with E-state index in [9.17, 15) is 4.79 Å². The molecule has 0 aromatic rings. The van der Waals surface area contributed by atoms with Crippen LogP contribution in [0.3, 0.4) is 0 Å². The first-order chi connectivity index (χ1) is 7.75. The van der Waals surface area contributed by atoms with Gasteiger partial charge in [-0.05, 0) is 26.2 Å². The Balaban J connectivity index is 1.68. The van der Waals surface area contributed by atoms with Crippen molar-refractivity contribution in [1.82, 2.24) is 10.2 Å². The summed E-state index contributed by atoms with van der Waals surface area (Å²) in [4.78, 5) is 14.5. The second-order valence-corrected chi connectivity index (χ2v) is 5.30. The molecule has 3 fully saturated rings. The third kappa shape index (κ3) is 1.64. The van der Waals surface area contributed by atoms with Crippen LogP contribution in [0.2, 0.25) is 0 Å². The van der Waals surface area contributed by atoms with Crippen LogP contribution in [-0.2, 0) is 9.53 Å². The number of rotatable bonds is 1. The van der Waals surface area contributed by atoms with Gasteiger partial charge >= 0.3 is 0 Å². The van der Waals surface area contributed by atoms with Crippen molar-refractivity contribution < 1.29 is 9.53 Å². The highest BCUT2D eigenvalue weighted by molar-refractivity contribution is 5.80. The number of ether oxygens (including phenoxy) is 1. The maximum absolute atomic E-state index is 12.4. The van der Waals surface area contributed by atoms with Gasteiger partial charge in [-0.2, -0.15) is 0 Å². The number of amides is 1. The number of carbonyl (C=O) groups excluding carboxylic acids is 1. The van der Waals surface area contributed by atoms with Crippen LogP contribution in [0.1, 0.15) is 26.2 Å². The fourth-order valence-electron chi connectivity index (χ4n) is 3.28. The fraction of sp³-hybridized carbons (Fsp3) is 0.917. The topological polar surface area (TPSA) is 41.6 Å². The van der Waals surface area contributed by atoms with E-state index in [-0.39, 0.29) is 12.0 Å². The molecule has 4 heteroatoms. The van der Waals surface area contributed by atoms with E-state index in [2.05, 4.69) is 12.2 Å². The summed E-state index contributed by atoms with van der Waals surface area (Å²) in [5.74, 6) is 0.487. The molecule has 0 aromatic carbocycles. The van der Waals surface area contributed by atoms with Gasteiger partial charge in [-0.1, -0.05) is 0 Å². The van der Waals surface area contributed by atoms with E-state index in [1.165, 1.54) is 0 Å². The Morgan fingerprint density at radius 1 is 1.44 bits per heavy atom. The molecule has 3 rings (SSSR count). The van der Waals surface area contributed by atoms with E-state index in [1.807, 2.05) is 4.90 Å². The summed E-state index contributed by atoms with van der Waals surface area (Å²) in [5.41, 5.74) is 0. The van der Waals surface area contributed by atoms with E-state index >= 15 is 0 Å². The van der Waals surface area contributed by atoms with E-state index in [0.29, 0.717) is 18.1 Å². The van der Waals surface area contributed by atoms with E-state index in [0.717, 1.165) is 38.9 Å². The highest BCUT2D eigenvalue weighted by Crippen LogP contribution is 2.39. The van der Waals surface area contributed by atoms with Gasteiger partial charge in [0.1, 0.15) is 0 Å². The molecule has 0 aromatic heterocycles. The smallest absolute Gasteiger partial charge is 0.228 e. The Morgan fingerprint density at radius 2 is 2.31 bits per heavy atom.